The predicted molar refractivity (Wildman–Crippen MR) is 86.0 cm³/mol. The van der Waals surface area contributed by atoms with Gasteiger partial charge in [0.25, 0.3) is 0 Å². The van der Waals surface area contributed by atoms with Crippen molar-refractivity contribution in [1.29, 1.82) is 0 Å². The molecule has 1 heterocycles. The van der Waals surface area contributed by atoms with E-state index >= 15 is 0 Å². The van der Waals surface area contributed by atoms with Gasteiger partial charge in [0, 0.05) is 21.1 Å². The zero-order valence-electron chi connectivity index (χ0n) is 10.9. The fourth-order valence-electron chi connectivity index (χ4n) is 1.63. The van der Waals surface area contributed by atoms with Crippen molar-refractivity contribution >= 4 is 38.6 Å². The number of nitrogens with one attached hydrogen (secondary N) is 1. The number of anilines is 2. The molecule has 19 heavy (non-hydrogen) atoms. The number of nitrogen functional groups attached to an aromatic ring is 1. The van der Waals surface area contributed by atoms with Crippen molar-refractivity contribution in [3.63, 3.8) is 0 Å². The van der Waals surface area contributed by atoms with E-state index in [0.717, 1.165) is 22.5 Å². The maximum atomic E-state index is 5.89. The van der Waals surface area contributed by atoms with Crippen molar-refractivity contribution in [1.82, 2.24) is 0 Å². The number of halogens is 1. The van der Waals surface area contributed by atoms with Crippen LogP contribution in [0.2, 0.25) is 0 Å². The summed E-state index contributed by atoms with van der Waals surface area (Å²) >= 11 is 5.25. The number of nitrogens with two attached hydrogens (primary N) is 1. The van der Waals surface area contributed by atoms with Crippen molar-refractivity contribution in [3.05, 3.63) is 39.0 Å². The van der Waals surface area contributed by atoms with Gasteiger partial charge in [-0.3, -0.25) is 0 Å². The van der Waals surface area contributed by atoms with Crippen molar-refractivity contribution in [2.45, 2.75) is 26.5 Å². The van der Waals surface area contributed by atoms with Crippen LogP contribution in [0, 0.1) is 0 Å². The molecule has 0 spiro atoms. The zero-order chi connectivity index (χ0) is 13.8. The fraction of sp³-hybridized carbons (Fsp3) is 0.286. The van der Waals surface area contributed by atoms with Gasteiger partial charge in [0.15, 0.2) is 0 Å². The standard InChI is InChI=1S/C14H17BrN2OS/c1-9(2)18-13-7-10(3-4-12(13)16)17-8-14-11(15)5-6-19-14/h3-7,9,17H,8,16H2,1-2H3. The van der Waals surface area contributed by atoms with E-state index in [1.807, 2.05) is 32.0 Å². The van der Waals surface area contributed by atoms with Gasteiger partial charge in [-0.15, -0.1) is 11.3 Å². The van der Waals surface area contributed by atoms with Gasteiger partial charge < -0.3 is 15.8 Å². The molecule has 0 fully saturated rings. The predicted octanol–water partition coefficient (Wildman–Crippen LogP) is 4.49. The molecular formula is C14H17BrN2OS. The molecule has 3 nitrogen and oxygen atoms in total. The smallest absolute Gasteiger partial charge is 0.144 e. The molecule has 0 aliphatic rings. The molecule has 1 aromatic heterocycles. The van der Waals surface area contributed by atoms with Crippen molar-refractivity contribution in [2.75, 3.05) is 11.1 Å². The van der Waals surface area contributed by atoms with Crippen LogP contribution in [0.1, 0.15) is 18.7 Å². The summed E-state index contributed by atoms with van der Waals surface area (Å²) in [5.74, 6) is 0.727. The van der Waals surface area contributed by atoms with Gasteiger partial charge in [-0.1, -0.05) is 0 Å². The van der Waals surface area contributed by atoms with Gasteiger partial charge in [-0.05, 0) is 53.4 Å². The second-order valence-electron chi connectivity index (χ2n) is 4.46. The lowest BCUT2D eigenvalue weighted by molar-refractivity contribution is 0.244. The molecule has 0 atom stereocenters. The molecule has 2 rings (SSSR count). The molecule has 5 heteroatoms. The summed E-state index contributed by atoms with van der Waals surface area (Å²) in [6, 6.07) is 7.82. The van der Waals surface area contributed by atoms with Crippen molar-refractivity contribution in [3.8, 4) is 5.75 Å². The first-order valence-electron chi connectivity index (χ1n) is 6.08. The molecule has 0 aliphatic heterocycles. The Labute approximate surface area is 125 Å². The Morgan fingerprint density at radius 1 is 1.37 bits per heavy atom. The number of rotatable bonds is 5. The van der Waals surface area contributed by atoms with E-state index < -0.39 is 0 Å². The Morgan fingerprint density at radius 2 is 2.16 bits per heavy atom. The van der Waals surface area contributed by atoms with Crippen LogP contribution in [0.3, 0.4) is 0 Å². The zero-order valence-corrected chi connectivity index (χ0v) is 13.3. The number of benzene rings is 1. The lowest BCUT2D eigenvalue weighted by Crippen LogP contribution is -2.08. The van der Waals surface area contributed by atoms with Gasteiger partial charge in [0.05, 0.1) is 18.3 Å². The molecule has 0 aliphatic carbocycles. The van der Waals surface area contributed by atoms with E-state index in [9.17, 15) is 0 Å². The quantitative estimate of drug-likeness (QED) is 0.788. The summed E-state index contributed by atoms with van der Waals surface area (Å²) in [5.41, 5.74) is 7.56. The van der Waals surface area contributed by atoms with Crippen LogP contribution in [0.15, 0.2) is 34.1 Å². The summed E-state index contributed by atoms with van der Waals surface area (Å²) in [6.07, 6.45) is 0.115. The summed E-state index contributed by atoms with van der Waals surface area (Å²) in [7, 11) is 0. The van der Waals surface area contributed by atoms with E-state index in [0.29, 0.717) is 5.69 Å². The minimum atomic E-state index is 0.115. The van der Waals surface area contributed by atoms with Crippen LogP contribution in [0.4, 0.5) is 11.4 Å². The van der Waals surface area contributed by atoms with E-state index in [2.05, 4.69) is 32.7 Å². The Kier molecular flexibility index (Phi) is 4.71. The monoisotopic (exact) mass is 340 g/mol. The Morgan fingerprint density at radius 3 is 2.79 bits per heavy atom. The SMILES string of the molecule is CC(C)Oc1cc(NCc2sccc2Br)ccc1N. The molecule has 3 N–H and O–H groups in total. The highest BCUT2D eigenvalue weighted by atomic mass is 79.9. The summed E-state index contributed by atoms with van der Waals surface area (Å²) in [4.78, 5) is 1.27. The normalized spacial score (nSPS) is 10.7. The molecule has 1 aromatic carbocycles. The minimum absolute atomic E-state index is 0.115. The number of hydrogen-bond donors (Lipinski definition) is 2. The Bertz CT molecular complexity index is 554. The largest absolute Gasteiger partial charge is 0.489 e. The first-order chi connectivity index (χ1) is 9.06. The van der Waals surface area contributed by atoms with E-state index in [4.69, 9.17) is 10.5 Å². The van der Waals surface area contributed by atoms with Crippen LogP contribution < -0.4 is 15.8 Å². The topological polar surface area (TPSA) is 47.3 Å². The van der Waals surface area contributed by atoms with Crippen LogP contribution >= 0.6 is 27.3 Å². The van der Waals surface area contributed by atoms with Crippen LogP contribution in [0.25, 0.3) is 0 Å². The van der Waals surface area contributed by atoms with Crippen molar-refractivity contribution in [2.24, 2.45) is 0 Å². The molecular weight excluding hydrogens is 324 g/mol. The number of thiophene rings is 1. The van der Waals surface area contributed by atoms with Crippen LogP contribution in [0.5, 0.6) is 5.75 Å². The van der Waals surface area contributed by atoms with Gasteiger partial charge in [-0.2, -0.15) is 0 Å². The molecule has 2 aromatic rings. The highest BCUT2D eigenvalue weighted by Gasteiger charge is 2.06. The second kappa shape index (κ2) is 6.30. The average Bonchev–Trinajstić information content (AvgIpc) is 2.75. The first-order valence-corrected chi connectivity index (χ1v) is 7.75. The second-order valence-corrected chi connectivity index (χ2v) is 6.32. The molecule has 0 radical (unpaired) electrons. The van der Waals surface area contributed by atoms with E-state index in [-0.39, 0.29) is 6.10 Å². The van der Waals surface area contributed by atoms with Crippen molar-refractivity contribution < 1.29 is 4.74 Å². The van der Waals surface area contributed by atoms with Gasteiger partial charge >= 0.3 is 0 Å². The third-order valence-electron chi connectivity index (χ3n) is 2.52. The fourth-order valence-corrected chi connectivity index (χ4v) is 3.07. The Balaban J connectivity index is 2.06. The Hall–Kier alpha value is -1.20. The van der Waals surface area contributed by atoms with Crippen LogP contribution in [-0.2, 0) is 6.54 Å². The number of hydrogen-bond acceptors (Lipinski definition) is 4. The molecule has 0 bridgehead atoms. The average molecular weight is 341 g/mol. The molecule has 0 amide bonds. The highest BCUT2D eigenvalue weighted by molar-refractivity contribution is 9.10. The molecule has 0 unspecified atom stereocenters. The van der Waals surface area contributed by atoms with E-state index in [1.165, 1.54) is 4.88 Å². The maximum absolute atomic E-state index is 5.89. The molecule has 0 saturated carbocycles. The third kappa shape index (κ3) is 3.88. The van der Waals surface area contributed by atoms with Gasteiger partial charge in [0.2, 0.25) is 0 Å². The maximum Gasteiger partial charge on any atom is 0.144 e. The molecule has 102 valence electrons. The highest BCUT2D eigenvalue weighted by Crippen LogP contribution is 2.28. The number of ether oxygens (including phenoxy) is 1. The van der Waals surface area contributed by atoms with Crippen LogP contribution in [-0.4, -0.2) is 6.10 Å². The summed E-state index contributed by atoms with van der Waals surface area (Å²) in [5, 5.41) is 5.44. The van der Waals surface area contributed by atoms with Gasteiger partial charge in [0.1, 0.15) is 5.75 Å². The third-order valence-corrected chi connectivity index (χ3v) is 4.45. The van der Waals surface area contributed by atoms with Gasteiger partial charge in [-0.25, -0.2) is 0 Å². The summed E-state index contributed by atoms with van der Waals surface area (Å²) < 4.78 is 6.81. The molecule has 0 saturated heterocycles. The first kappa shape index (κ1) is 14.2. The summed E-state index contributed by atoms with van der Waals surface area (Å²) in [6.45, 7) is 4.76. The van der Waals surface area contributed by atoms with E-state index in [1.54, 1.807) is 11.3 Å². The lowest BCUT2D eigenvalue weighted by atomic mass is 10.2. The minimum Gasteiger partial charge on any atom is -0.489 e. The lowest BCUT2D eigenvalue weighted by Gasteiger charge is -2.14.